The van der Waals surface area contributed by atoms with Gasteiger partial charge in [0.25, 0.3) is 5.91 Å². The van der Waals surface area contributed by atoms with E-state index in [1.54, 1.807) is 17.0 Å². The summed E-state index contributed by atoms with van der Waals surface area (Å²) in [6.07, 6.45) is 0. The van der Waals surface area contributed by atoms with Crippen molar-refractivity contribution < 1.29 is 38.5 Å². The number of piperazine rings is 1. The molecule has 0 spiro atoms. The third-order valence-corrected chi connectivity index (χ3v) is 6.90. The number of carbonyl (C=O) groups is 2. The highest BCUT2D eigenvalue weighted by molar-refractivity contribution is 6.31. The fourth-order valence-electron chi connectivity index (χ4n) is 4.51. The minimum absolute atomic E-state index is 0.0338. The van der Waals surface area contributed by atoms with Crippen molar-refractivity contribution >= 4 is 23.4 Å². The van der Waals surface area contributed by atoms with Gasteiger partial charge in [-0.3, -0.25) is 14.5 Å². The normalized spacial score (nSPS) is 15.0. The molecule has 2 aromatic carbocycles. The molecule has 2 amide bonds. The van der Waals surface area contributed by atoms with Crippen LogP contribution in [-0.4, -0.2) is 85.7 Å². The molecule has 42 heavy (non-hydrogen) atoms. The Bertz CT molecular complexity index is 1450. The molecule has 0 bridgehead atoms. The Morgan fingerprint density at radius 2 is 1.90 bits per heavy atom. The van der Waals surface area contributed by atoms with Crippen molar-refractivity contribution in [1.29, 1.82) is 0 Å². The molecule has 1 fully saturated rings. The molecule has 224 valence electrons. The van der Waals surface area contributed by atoms with Gasteiger partial charge in [-0.15, -0.1) is 0 Å². The number of carbonyl (C=O) groups excluding carboxylic acids is 2. The van der Waals surface area contributed by atoms with Crippen LogP contribution in [0.25, 0.3) is 11.3 Å². The molecule has 5 N–H and O–H groups in total. The highest BCUT2D eigenvalue weighted by Gasteiger charge is 2.36. The van der Waals surface area contributed by atoms with Gasteiger partial charge in [0, 0.05) is 30.8 Å². The lowest BCUT2D eigenvalue weighted by Gasteiger charge is -2.36. The molecule has 4 rings (SSSR count). The Balaban J connectivity index is 1.66. The lowest BCUT2D eigenvalue weighted by atomic mass is 9.96. The molecule has 12 nitrogen and oxygen atoms in total. The number of hydroxylamine groups is 1. The summed E-state index contributed by atoms with van der Waals surface area (Å²) < 4.78 is 29.9. The number of hydrogen-bond donors (Lipinski definition) is 5. The Morgan fingerprint density at radius 1 is 1.14 bits per heavy atom. The number of nitrogens with zero attached hydrogens (tertiary/aromatic N) is 2. The number of aliphatic hydroxyl groups is 1. The van der Waals surface area contributed by atoms with E-state index in [-0.39, 0.29) is 54.3 Å². The second kappa shape index (κ2) is 13.8. The lowest BCUT2D eigenvalue weighted by Crippen LogP contribution is -2.55. The van der Waals surface area contributed by atoms with Gasteiger partial charge in [-0.25, -0.2) is 9.37 Å². The number of hydrogen-bond acceptors (Lipinski definition) is 10. The first-order valence-corrected chi connectivity index (χ1v) is 13.2. The van der Waals surface area contributed by atoms with E-state index in [1.165, 1.54) is 50.6 Å². The van der Waals surface area contributed by atoms with Crippen LogP contribution in [0.3, 0.4) is 0 Å². The first-order valence-electron chi connectivity index (χ1n) is 12.9. The van der Waals surface area contributed by atoms with Crippen LogP contribution in [0.5, 0.6) is 17.2 Å². The van der Waals surface area contributed by atoms with E-state index in [0.29, 0.717) is 35.8 Å². The third kappa shape index (κ3) is 7.24. The van der Waals surface area contributed by atoms with Gasteiger partial charge in [0.2, 0.25) is 5.91 Å². The fourth-order valence-corrected chi connectivity index (χ4v) is 4.69. The Hall–Kier alpha value is -4.01. The van der Waals surface area contributed by atoms with Crippen molar-refractivity contribution in [2.45, 2.75) is 5.60 Å². The molecule has 1 aliphatic rings. The predicted molar refractivity (Wildman–Crippen MR) is 150 cm³/mol. The Kier molecular flexibility index (Phi) is 10.1. The second-order valence-electron chi connectivity index (χ2n) is 9.46. The molecule has 0 aliphatic carbocycles. The topological polar surface area (TPSA) is 155 Å². The maximum absolute atomic E-state index is 13.9. The Labute approximate surface area is 246 Å². The number of pyridine rings is 1. The maximum Gasteiger partial charge on any atom is 0.251 e. The van der Waals surface area contributed by atoms with Crippen molar-refractivity contribution in [2.24, 2.45) is 0 Å². The van der Waals surface area contributed by atoms with E-state index in [0.717, 1.165) is 0 Å². The van der Waals surface area contributed by atoms with Crippen molar-refractivity contribution in [3.8, 4) is 28.5 Å². The number of benzene rings is 2. The smallest absolute Gasteiger partial charge is 0.251 e. The minimum Gasteiger partial charge on any atom is -0.494 e. The lowest BCUT2D eigenvalue weighted by molar-refractivity contribution is -0.125. The van der Waals surface area contributed by atoms with Crippen LogP contribution >= 0.6 is 11.6 Å². The van der Waals surface area contributed by atoms with Gasteiger partial charge in [0.05, 0.1) is 38.0 Å². The van der Waals surface area contributed by atoms with Crippen LogP contribution in [0.4, 0.5) is 4.39 Å². The van der Waals surface area contributed by atoms with E-state index in [1.807, 2.05) is 5.48 Å². The number of amides is 2. The highest BCUT2D eigenvalue weighted by Crippen LogP contribution is 2.34. The van der Waals surface area contributed by atoms with Gasteiger partial charge in [0.15, 0.2) is 18.2 Å². The van der Waals surface area contributed by atoms with Crippen LogP contribution in [0.2, 0.25) is 5.02 Å². The van der Waals surface area contributed by atoms with Crippen molar-refractivity contribution in [3.63, 3.8) is 0 Å². The van der Waals surface area contributed by atoms with E-state index < -0.39 is 17.3 Å². The summed E-state index contributed by atoms with van der Waals surface area (Å²) in [6, 6.07) is 11.7. The number of β-amino-alcohol motifs (C(OH)–C–C–N with tert-alkyl or cyclic N) is 1. The zero-order valence-corrected chi connectivity index (χ0v) is 23.7. The average molecular weight is 604 g/mol. The molecule has 0 saturated carbocycles. The largest absolute Gasteiger partial charge is 0.494 e. The molecule has 2 heterocycles. The predicted octanol–water partition coefficient (Wildman–Crippen LogP) is 1.92. The summed E-state index contributed by atoms with van der Waals surface area (Å²) in [6.45, 7) is 0.422. The van der Waals surface area contributed by atoms with Gasteiger partial charge < -0.3 is 35.2 Å². The van der Waals surface area contributed by atoms with Crippen LogP contribution in [-0.2, 0) is 10.4 Å². The zero-order chi connectivity index (χ0) is 30.3. The molecule has 1 saturated heterocycles. The summed E-state index contributed by atoms with van der Waals surface area (Å²) in [4.78, 5) is 31.7. The van der Waals surface area contributed by atoms with Crippen molar-refractivity contribution in [1.82, 2.24) is 26.0 Å². The monoisotopic (exact) mass is 603 g/mol. The third-order valence-electron chi connectivity index (χ3n) is 6.61. The van der Waals surface area contributed by atoms with Gasteiger partial charge in [-0.2, -0.15) is 5.48 Å². The number of halogens is 2. The average Bonchev–Trinajstić information content (AvgIpc) is 2.99. The van der Waals surface area contributed by atoms with E-state index in [9.17, 15) is 19.1 Å². The summed E-state index contributed by atoms with van der Waals surface area (Å²) in [7, 11) is 2.86. The standard InChI is InChI=1S/C28H31ClFN5O7/c1-40-22-7-8-24(34-26(22)17-3-5-20(30)19(29)11-17)28(38,15-35-10-9-31-25(36)13-35)14-32-27(37)18-4-6-21(42-16-33-39)23(12-18)41-2/h3-8,11-12,33,38-39H,9-10,13-16H2,1-2H3,(H,31,36)(H,32,37). The molecule has 1 aliphatic heterocycles. The molecular formula is C28H31ClFN5O7. The molecule has 14 heteroatoms. The van der Waals surface area contributed by atoms with E-state index >= 15 is 0 Å². The van der Waals surface area contributed by atoms with E-state index in [4.69, 9.17) is 31.0 Å². The van der Waals surface area contributed by atoms with Crippen LogP contribution in [0.15, 0.2) is 48.5 Å². The summed E-state index contributed by atoms with van der Waals surface area (Å²) in [5.41, 5.74) is 1.26. The quantitative estimate of drug-likeness (QED) is 0.153. The number of methoxy groups -OCH3 is 2. The second-order valence-corrected chi connectivity index (χ2v) is 9.87. The fraction of sp³-hybridized carbons (Fsp3) is 0.321. The van der Waals surface area contributed by atoms with E-state index in [2.05, 4.69) is 15.6 Å². The number of aromatic nitrogens is 1. The molecule has 1 aromatic heterocycles. The zero-order valence-electron chi connectivity index (χ0n) is 22.9. The minimum atomic E-state index is -1.77. The molecule has 3 aromatic rings. The molecular weight excluding hydrogens is 573 g/mol. The SMILES string of the molecule is COc1cc(C(=O)NCC(O)(CN2CCNC(=O)C2)c2ccc(OC)c(-c3ccc(F)c(Cl)c3)n2)ccc1OCNO. The maximum atomic E-state index is 13.9. The van der Waals surface area contributed by atoms with Crippen molar-refractivity contribution in [3.05, 3.63) is 70.6 Å². The number of rotatable bonds is 12. The van der Waals surface area contributed by atoms with Gasteiger partial charge in [-0.05, 0) is 48.5 Å². The number of nitrogens with one attached hydrogen (secondary N) is 3. The highest BCUT2D eigenvalue weighted by atomic mass is 35.5. The van der Waals surface area contributed by atoms with Crippen LogP contribution < -0.4 is 30.3 Å². The van der Waals surface area contributed by atoms with Crippen molar-refractivity contribution in [2.75, 3.05) is 53.7 Å². The first kappa shape index (κ1) is 30.9. The summed E-state index contributed by atoms with van der Waals surface area (Å²) in [5.74, 6) is -0.398. The summed E-state index contributed by atoms with van der Waals surface area (Å²) in [5, 5.41) is 26.2. The number of ether oxygens (including phenoxy) is 3. The molecule has 1 unspecified atom stereocenters. The molecule has 1 atom stereocenters. The Morgan fingerprint density at radius 3 is 2.60 bits per heavy atom. The van der Waals surface area contributed by atoms with Gasteiger partial charge in [-0.1, -0.05) is 11.6 Å². The van der Waals surface area contributed by atoms with Crippen LogP contribution in [0, 0.1) is 5.82 Å². The van der Waals surface area contributed by atoms with Gasteiger partial charge >= 0.3 is 0 Å². The summed E-state index contributed by atoms with van der Waals surface area (Å²) >= 11 is 6.01. The van der Waals surface area contributed by atoms with Crippen LogP contribution in [0.1, 0.15) is 16.1 Å². The first-order chi connectivity index (χ1) is 20.2. The van der Waals surface area contributed by atoms with Gasteiger partial charge in [0.1, 0.15) is 22.9 Å². The molecule has 0 radical (unpaired) electrons.